The lowest BCUT2D eigenvalue weighted by atomic mass is 10.0. The van der Waals surface area contributed by atoms with Gasteiger partial charge in [-0.3, -0.25) is 4.79 Å². The molecule has 0 aliphatic heterocycles. The minimum atomic E-state index is -0.775. The van der Waals surface area contributed by atoms with Crippen LogP contribution < -0.4 is 0 Å². The number of carbonyl (C=O) groups is 1. The Morgan fingerprint density at radius 3 is 2.28 bits per heavy atom. The summed E-state index contributed by atoms with van der Waals surface area (Å²) in [6.45, 7) is 0. The van der Waals surface area contributed by atoms with Crippen LogP contribution in [0.25, 0.3) is 0 Å². The number of halogens is 4. The Morgan fingerprint density at radius 1 is 1.06 bits per heavy atom. The molecule has 18 heavy (non-hydrogen) atoms. The summed E-state index contributed by atoms with van der Waals surface area (Å²) >= 11 is 8.54. The van der Waals surface area contributed by atoms with Gasteiger partial charge >= 0.3 is 0 Å². The maximum absolute atomic E-state index is 13.6. The summed E-state index contributed by atoms with van der Waals surface area (Å²) in [4.78, 5) is 12.0. The fraction of sp³-hybridized carbons (Fsp3) is 0. The molecule has 0 N–H and O–H groups in total. The minimum Gasteiger partial charge on any atom is -0.288 e. The van der Waals surface area contributed by atoms with Gasteiger partial charge in [0.05, 0.1) is 10.0 Å². The van der Waals surface area contributed by atoms with Gasteiger partial charge in [-0.15, -0.1) is 0 Å². The summed E-state index contributed by atoms with van der Waals surface area (Å²) in [5, 5.41) is 0.467. The molecule has 0 aliphatic rings. The van der Waals surface area contributed by atoms with Crippen molar-refractivity contribution in [1.29, 1.82) is 0 Å². The first-order chi connectivity index (χ1) is 8.49. The van der Waals surface area contributed by atoms with Crippen LogP contribution in [0, 0.1) is 11.6 Å². The average Bonchev–Trinajstić information content (AvgIpc) is 2.34. The topological polar surface area (TPSA) is 17.1 Å². The normalized spacial score (nSPS) is 10.4. The maximum atomic E-state index is 13.6. The summed E-state index contributed by atoms with van der Waals surface area (Å²) in [6.07, 6.45) is 0. The number of benzene rings is 2. The highest BCUT2D eigenvalue weighted by atomic mass is 79.9. The van der Waals surface area contributed by atoms with Crippen molar-refractivity contribution < 1.29 is 13.6 Å². The van der Waals surface area contributed by atoms with Gasteiger partial charge in [-0.05, 0) is 52.3 Å². The molecular formula is C13H6BrClF2O. The number of carbonyl (C=O) groups excluding carboxylic acids is 1. The Bertz CT molecular complexity index is 611. The van der Waals surface area contributed by atoms with Crippen molar-refractivity contribution in [2.45, 2.75) is 0 Å². The van der Waals surface area contributed by atoms with Crippen molar-refractivity contribution in [3.63, 3.8) is 0 Å². The molecule has 92 valence electrons. The molecule has 0 fully saturated rings. The summed E-state index contributed by atoms with van der Waals surface area (Å²) < 4.78 is 26.9. The van der Waals surface area contributed by atoms with Gasteiger partial charge in [0.25, 0.3) is 0 Å². The molecule has 0 saturated heterocycles. The number of hydrogen-bond acceptors (Lipinski definition) is 1. The first kappa shape index (κ1) is 13.2. The molecule has 1 nitrogen and oxygen atoms in total. The van der Waals surface area contributed by atoms with Crippen molar-refractivity contribution in [3.8, 4) is 0 Å². The standard InChI is InChI=1S/C13H6BrClF2O/c14-10-6-11(16)9(5-12(10)17)13(18)7-1-3-8(15)4-2-7/h1-6H. The second-order valence-corrected chi connectivity index (χ2v) is 4.87. The minimum absolute atomic E-state index is 0.0207. The van der Waals surface area contributed by atoms with Crippen molar-refractivity contribution >= 4 is 33.3 Å². The van der Waals surface area contributed by atoms with Gasteiger partial charge in [-0.1, -0.05) is 11.6 Å². The van der Waals surface area contributed by atoms with Crippen LogP contribution in [0.1, 0.15) is 15.9 Å². The van der Waals surface area contributed by atoms with Crippen LogP contribution in [-0.4, -0.2) is 5.78 Å². The van der Waals surface area contributed by atoms with Crippen LogP contribution in [0.4, 0.5) is 8.78 Å². The number of ketones is 1. The second kappa shape index (κ2) is 5.16. The Kier molecular flexibility index (Phi) is 3.78. The van der Waals surface area contributed by atoms with Crippen LogP contribution in [0.15, 0.2) is 40.9 Å². The molecule has 0 heterocycles. The first-order valence-corrected chi connectivity index (χ1v) is 6.11. The van der Waals surface area contributed by atoms with Crippen LogP contribution in [0.2, 0.25) is 5.02 Å². The lowest BCUT2D eigenvalue weighted by Gasteiger charge is -2.04. The molecule has 0 radical (unpaired) electrons. The number of rotatable bonds is 2. The predicted molar refractivity (Wildman–Crippen MR) is 68.9 cm³/mol. The molecular weight excluding hydrogens is 325 g/mol. The summed E-state index contributed by atoms with van der Waals surface area (Å²) in [6, 6.07) is 7.76. The predicted octanol–water partition coefficient (Wildman–Crippen LogP) is 4.61. The van der Waals surface area contributed by atoms with E-state index in [2.05, 4.69) is 15.9 Å². The molecule has 0 amide bonds. The fourth-order valence-corrected chi connectivity index (χ4v) is 1.89. The van der Waals surface area contributed by atoms with Gasteiger partial charge in [-0.25, -0.2) is 8.78 Å². The van der Waals surface area contributed by atoms with E-state index in [1.54, 1.807) is 0 Å². The van der Waals surface area contributed by atoms with Gasteiger partial charge in [0.15, 0.2) is 5.78 Å². The van der Waals surface area contributed by atoms with Crippen LogP contribution in [0.5, 0.6) is 0 Å². The van der Waals surface area contributed by atoms with Gasteiger partial charge in [0, 0.05) is 10.6 Å². The van der Waals surface area contributed by atoms with E-state index in [0.717, 1.165) is 12.1 Å². The lowest BCUT2D eigenvalue weighted by molar-refractivity contribution is 0.103. The van der Waals surface area contributed by atoms with Gasteiger partial charge in [0.1, 0.15) is 11.6 Å². The third kappa shape index (κ3) is 2.60. The molecule has 2 aromatic rings. The van der Waals surface area contributed by atoms with E-state index in [4.69, 9.17) is 11.6 Å². The third-order valence-electron chi connectivity index (χ3n) is 2.36. The van der Waals surface area contributed by atoms with Gasteiger partial charge in [0.2, 0.25) is 0 Å². The van der Waals surface area contributed by atoms with Gasteiger partial charge < -0.3 is 0 Å². The van der Waals surface area contributed by atoms with Crippen molar-refractivity contribution in [2.75, 3.05) is 0 Å². The van der Waals surface area contributed by atoms with E-state index >= 15 is 0 Å². The van der Waals surface area contributed by atoms with Crippen LogP contribution in [0.3, 0.4) is 0 Å². The summed E-state index contributed by atoms with van der Waals surface area (Å²) in [5.41, 5.74) is -0.0574. The quantitative estimate of drug-likeness (QED) is 0.580. The van der Waals surface area contributed by atoms with E-state index < -0.39 is 17.4 Å². The van der Waals surface area contributed by atoms with Crippen molar-refractivity contribution in [2.24, 2.45) is 0 Å². The first-order valence-electron chi connectivity index (χ1n) is 4.94. The molecule has 0 atom stereocenters. The zero-order valence-electron chi connectivity index (χ0n) is 8.88. The highest BCUT2D eigenvalue weighted by Crippen LogP contribution is 2.22. The number of hydrogen-bond donors (Lipinski definition) is 0. The smallest absolute Gasteiger partial charge is 0.196 e. The largest absolute Gasteiger partial charge is 0.288 e. The lowest BCUT2D eigenvalue weighted by Crippen LogP contribution is -2.05. The maximum Gasteiger partial charge on any atom is 0.196 e. The highest BCUT2D eigenvalue weighted by Gasteiger charge is 2.16. The zero-order chi connectivity index (χ0) is 13.3. The Morgan fingerprint density at radius 2 is 1.67 bits per heavy atom. The molecule has 2 rings (SSSR count). The zero-order valence-corrected chi connectivity index (χ0v) is 11.2. The summed E-state index contributed by atoms with van der Waals surface area (Å²) in [7, 11) is 0. The Hall–Kier alpha value is -1.26. The molecule has 5 heteroatoms. The molecule has 2 aromatic carbocycles. The summed E-state index contributed by atoms with van der Waals surface area (Å²) in [5.74, 6) is -2.05. The average molecular weight is 332 g/mol. The SMILES string of the molecule is O=C(c1ccc(Cl)cc1)c1cc(F)c(Br)cc1F. The van der Waals surface area contributed by atoms with E-state index in [9.17, 15) is 13.6 Å². The Balaban J connectivity index is 2.46. The van der Waals surface area contributed by atoms with Crippen LogP contribution >= 0.6 is 27.5 Å². The van der Waals surface area contributed by atoms with Gasteiger partial charge in [-0.2, -0.15) is 0 Å². The van der Waals surface area contributed by atoms with E-state index in [1.807, 2.05) is 0 Å². The highest BCUT2D eigenvalue weighted by molar-refractivity contribution is 9.10. The Labute approximate surface area is 116 Å². The third-order valence-corrected chi connectivity index (χ3v) is 3.22. The second-order valence-electron chi connectivity index (χ2n) is 3.58. The van der Waals surface area contributed by atoms with Crippen molar-refractivity contribution in [3.05, 3.63) is 68.7 Å². The molecule has 0 bridgehead atoms. The molecule has 0 aliphatic carbocycles. The fourth-order valence-electron chi connectivity index (χ4n) is 1.45. The molecule has 0 unspecified atom stereocenters. The van der Waals surface area contributed by atoms with Crippen LogP contribution in [-0.2, 0) is 0 Å². The van der Waals surface area contributed by atoms with E-state index in [0.29, 0.717) is 5.02 Å². The molecule has 0 spiro atoms. The van der Waals surface area contributed by atoms with E-state index in [-0.39, 0.29) is 15.6 Å². The monoisotopic (exact) mass is 330 g/mol. The molecule has 0 saturated carbocycles. The van der Waals surface area contributed by atoms with E-state index in [1.165, 1.54) is 24.3 Å². The van der Waals surface area contributed by atoms with Crippen molar-refractivity contribution in [1.82, 2.24) is 0 Å². The molecule has 0 aromatic heterocycles.